The Morgan fingerprint density at radius 2 is 1.59 bits per heavy atom. The summed E-state index contributed by atoms with van der Waals surface area (Å²) in [4.78, 5) is 37.5. The molecule has 5 rings (SSSR count). The minimum Gasteiger partial charge on any atom is -0.272 e. The van der Waals surface area contributed by atoms with Gasteiger partial charge in [0, 0.05) is 6.07 Å². The minimum absolute atomic E-state index is 0.0314. The molecular weight excluding hydrogens is 370 g/mol. The monoisotopic (exact) mass is 399 g/mol. The molecule has 4 aliphatic rings. The summed E-state index contributed by atoms with van der Waals surface area (Å²) in [5, 5.41) is 12.8. The maximum atomic E-state index is 13.8. The van der Waals surface area contributed by atoms with Crippen molar-refractivity contribution in [2.45, 2.75) is 64.8 Å². The summed E-state index contributed by atoms with van der Waals surface area (Å²) in [5.74, 6) is 1.18. The number of rotatable bonds is 3. The number of hydrazine groups is 1. The van der Waals surface area contributed by atoms with E-state index in [4.69, 9.17) is 0 Å². The Labute approximate surface area is 171 Å². The summed E-state index contributed by atoms with van der Waals surface area (Å²) >= 11 is 0. The number of nitro groups is 1. The third-order valence-corrected chi connectivity index (χ3v) is 6.92. The quantitative estimate of drug-likeness (QED) is 0.612. The lowest BCUT2D eigenvalue weighted by molar-refractivity contribution is -0.385. The molecule has 1 aromatic rings. The van der Waals surface area contributed by atoms with Crippen molar-refractivity contribution in [3.63, 3.8) is 0 Å². The van der Waals surface area contributed by atoms with E-state index in [2.05, 4.69) is 5.43 Å². The van der Waals surface area contributed by atoms with Crippen LogP contribution in [-0.2, 0) is 4.79 Å². The van der Waals surface area contributed by atoms with E-state index >= 15 is 0 Å². The highest BCUT2D eigenvalue weighted by Gasteiger charge is 2.56. The third-order valence-electron chi connectivity index (χ3n) is 6.92. The van der Waals surface area contributed by atoms with Crippen LogP contribution in [0.25, 0.3) is 0 Å². The smallest absolute Gasteiger partial charge is 0.272 e. The number of amides is 2. The van der Waals surface area contributed by atoms with Gasteiger partial charge in [0.1, 0.15) is 5.56 Å². The van der Waals surface area contributed by atoms with Crippen molar-refractivity contribution < 1.29 is 14.5 Å². The summed E-state index contributed by atoms with van der Waals surface area (Å²) < 4.78 is 0. The Bertz CT molecular complexity index is 823. The molecule has 29 heavy (non-hydrogen) atoms. The molecule has 0 aromatic heterocycles. The second-order valence-corrected chi connectivity index (χ2v) is 10.2. The van der Waals surface area contributed by atoms with E-state index in [-0.39, 0.29) is 17.2 Å². The predicted molar refractivity (Wildman–Crippen MR) is 108 cm³/mol. The lowest BCUT2D eigenvalue weighted by Gasteiger charge is -2.57. The van der Waals surface area contributed by atoms with Gasteiger partial charge in [-0.1, -0.05) is 12.1 Å². The molecule has 0 spiro atoms. The molecule has 0 radical (unpaired) electrons. The molecule has 4 bridgehead atoms. The zero-order valence-corrected chi connectivity index (χ0v) is 17.3. The van der Waals surface area contributed by atoms with E-state index in [1.54, 1.807) is 6.07 Å². The van der Waals surface area contributed by atoms with E-state index < -0.39 is 21.8 Å². The van der Waals surface area contributed by atoms with Gasteiger partial charge >= 0.3 is 0 Å². The largest absolute Gasteiger partial charge is 0.282 e. The van der Waals surface area contributed by atoms with E-state index in [0.717, 1.165) is 19.3 Å². The van der Waals surface area contributed by atoms with Gasteiger partial charge in [-0.15, -0.1) is 0 Å². The van der Waals surface area contributed by atoms with Gasteiger partial charge in [0.2, 0.25) is 5.91 Å². The maximum absolute atomic E-state index is 13.8. The standard InChI is InChI=1S/C22H29N3O4/c1-21(2,3)24(23-19(26)17-6-4-5-7-18(17)25(28)29)20(27)22-11-14-8-15(12-22)10-16(9-14)13-22/h4-7,14-16H,8-13H2,1-3H3,(H,23,26). The lowest BCUT2D eigenvalue weighted by atomic mass is 9.49. The number of nitrogens with one attached hydrogen (secondary N) is 1. The molecule has 7 nitrogen and oxygen atoms in total. The molecule has 0 saturated heterocycles. The van der Waals surface area contributed by atoms with Gasteiger partial charge in [0.05, 0.1) is 15.9 Å². The van der Waals surface area contributed by atoms with E-state index in [1.165, 1.54) is 42.5 Å². The van der Waals surface area contributed by atoms with Gasteiger partial charge in [0.25, 0.3) is 11.6 Å². The van der Waals surface area contributed by atoms with Crippen molar-refractivity contribution in [3.8, 4) is 0 Å². The molecule has 1 N–H and O–H groups in total. The zero-order chi connectivity index (χ0) is 21.0. The molecule has 4 aliphatic carbocycles. The average Bonchev–Trinajstić information content (AvgIpc) is 2.63. The number of hydrogen-bond acceptors (Lipinski definition) is 4. The number of benzene rings is 1. The molecule has 0 atom stereocenters. The Morgan fingerprint density at radius 1 is 1.07 bits per heavy atom. The number of carbonyl (C=O) groups is 2. The molecule has 4 fully saturated rings. The summed E-state index contributed by atoms with van der Waals surface area (Å²) in [7, 11) is 0. The van der Waals surface area contributed by atoms with Crippen molar-refractivity contribution in [1.82, 2.24) is 10.4 Å². The van der Waals surface area contributed by atoms with Crippen LogP contribution in [0.5, 0.6) is 0 Å². The van der Waals surface area contributed by atoms with Crippen LogP contribution >= 0.6 is 0 Å². The highest BCUT2D eigenvalue weighted by atomic mass is 16.6. The lowest BCUT2D eigenvalue weighted by Crippen LogP contribution is -2.63. The van der Waals surface area contributed by atoms with Gasteiger partial charge < -0.3 is 0 Å². The number of nitro benzene ring substituents is 1. The summed E-state index contributed by atoms with van der Waals surface area (Å²) in [6.45, 7) is 5.64. The molecule has 1 aromatic carbocycles. The van der Waals surface area contributed by atoms with Crippen molar-refractivity contribution in [1.29, 1.82) is 0 Å². The average molecular weight is 399 g/mol. The van der Waals surface area contributed by atoms with Crippen LogP contribution < -0.4 is 5.43 Å². The van der Waals surface area contributed by atoms with Crippen LogP contribution in [0.15, 0.2) is 24.3 Å². The molecule has 7 heteroatoms. The Hall–Kier alpha value is -2.44. The SMILES string of the molecule is CC(C)(C)N(NC(=O)c1ccccc1[N+](=O)[O-])C(=O)C12CC3CC(CC(C3)C1)C2. The Morgan fingerprint density at radius 3 is 2.07 bits per heavy atom. The minimum atomic E-state index is -0.639. The highest BCUT2D eigenvalue weighted by Crippen LogP contribution is 2.60. The highest BCUT2D eigenvalue weighted by molar-refractivity contribution is 5.99. The van der Waals surface area contributed by atoms with Crippen molar-refractivity contribution >= 4 is 17.5 Å². The second kappa shape index (κ2) is 6.82. The molecule has 0 unspecified atom stereocenters. The van der Waals surface area contributed by atoms with Crippen molar-refractivity contribution in [2.24, 2.45) is 23.2 Å². The molecule has 0 heterocycles. The number of nitrogens with zero attached hydrogens (tertiary/aromatic N) is 2. The van der Waals surface area contributed by atoms with Crippen molar-refractivity contribution in [3.05, 3.63) is 39.9 Å². The number of para-hydroxylation sites is 1. The van der Waals surface area contributed by atoms with Gasteiger partial charge in [-0.05, 0) is 83.1 Å². The van der Waals surface area contributed by atoms with Crippen LogP contribution in [0.3, 0.4) is 0 Å². The molecule has 156 valence electrons. The zero-order valence-electron chi connectivity index (χ0n) is 17.3. The number of carbonyl (C=O) groups excluding carboxylic acids is 2. The van der Waals surface area contributed by atoms with Crippen LogP contribution in [0.2, 0.25) is 0 Å². The first-order chi connectivity index (χ1) is 13.6. The first kappa shape index (κ1) is 19.9. The molecule has 0 aliphatic heterocycles. The summed E-state index contributed by atoms with van der Waals surface area (Å²) in [6, 6.07) is 5.84. The molecule has 4 saturated carbocycles. The summed E-state index contributed by atoms with van der Waals surface area (Å²) in [5.41, 5.74) is 1.39. The fourth-order valence-electron chi connectivity index (χ4n) is 6.12. The Kier molecular flexibility index (Phi) is 4.67. The first-order valence-electron chi connectivity index (χ1n) is 10.5. The van der Waals surface area contributed by atoms with Gasteiger partial charge in [-0.2, -0.15) is 0 Å². The Balaban J connectivity index is 1.62. The van der Waals surface area contributed by atoms with Crippen LogP contribution in [0, 0.1) is 33.3 Å². The second-order valence-electron chi connectivity index (χ2n) is 10.2. The van der Waals surface area contributed by atoms with Gasteiger partial charge in [-0.3, -0.25) is 25.1 Å². The van der Waals surface area contributed by atoms with Gasteiger partial charge in [-0.25, -0.2) is 5.01 Å². The van der Waals surface area contributed by atoms with Crippen molar-refractivity contribution in [2.75, 3.05) is 0 Å². The first-order valence-corrected chi connectivity index (χ1v) is 10.5. The van der Waals surface area contributed by atoms with E-state index in [1.807, 2.05) is 20.8 Å². The number of hydrogen-bond donors (Lipinski definition) is 1. The predicted octanol–water partition coefficient (Wildman–Crippen LogP) is 4.08. The fourth-order valence-corrected chi connectivity index (χ4v) is 6.12. The van der Waals surface area contributed by atoms with Crippen LogP contribution in [-0.4, -0.2) is 27.3 Å². The normalized spacial score (nSPS) is 30.1. The van der Waals surface area contributed by atoms with Gasteiger partial charge in [0.15, 0.2) is 0 Å². The third kappa shape index (κ3) is 3.51. The van der Waals surface area contributed by atoms with E-state index in [0.29, 0.717) is 17.8 Å². The fraction of sp³-hybridized carbons (Fsp3) is 0.636. The summed E-state index contributed by atoms with van der Waals surface area (Å²) in [6.07, 6.45) is 6.36. The van der Waals surface area contributed by atoms with Crippen LogP contribution in [0.1, 0.15) is 69.7 Å². The van der Waals surface area contributed by atoms with Crippen LogP contribution in [0.4, 0.5) is 5.69 Å². The maximum Gasteiger partial charge on any atom is 0.282 e. The molecule has 2 amide bonds. The molecular formula is C22H29N3O4. The van der Waals surface area contributed by atoms with E-state index in [9.17, 15) is 19.7 Å². The topological polar surface area (TPSA) is 92.6 Å².